The first-order valence-corrected chi connectivity index (χ1v) is 7.01. The fraction of sp³-hybridized carbons (Fsp3) is 0.909. The van der Waals surface area contributed by atoms with Crippen molar-refractivity contribution in [3.63, 3.8) is 0 Å². The Morgan fingerprint density at radius 3 is 2.47 bits per heavy atom. The smallest absolute Gasteiger partial charge is 0.480 e. The zero-order valence-electron chi connectivity index (χ0n) is 10.6. The Kier molecular flexibility index (Phi) is 15.9. The van der Waals surface area contributed by atoms with Crippen LogP contribution in [-0.2, 0) is 4.79 Å². The Hall–Kier alpha value is 0.896. The van der Waals surface area contributed by atoms with Crippen molar-refractivity contribution in [1.29, 1.82) is 0 Å². The van der Waals surface area contributed by atoms with Gasteiger partial charge in [-0.15, -0.1) is 0 Å². The molecule has 6 heteroatoms. The van der Waals surface area contributed by atoms with Crippen molar-refractivity contribution in [2.24, 2.45) is 0 Å². The monoisotopic (exact) mass is 289 g/mol. The van der Waals surface area contributed by atoms with Gasteiger partial charge in [0.2, 0.25) is 0 Å². The van der Waals surface area contributed by atoms with E-state index in [4.69, 9.17) is 5.11 Å². The molecule has 0 aromatic heterocycles. The van der Waals surface area contributed by atoms with Gasteiger partial charge < -0.3 is 10.4 Å². The average Bonchev–Trinajstić information content (AvgIpc) is 2.25. The minimum Gasteiger partial charge on any atom is -0.480 e. The molecule has 0 aromatic rings. The molecule has 0 aliphatic rings. The van der Waals surface area contributed by atoms with Gasteiger partial charge in [0.1, 0.15) is 6.04 Å². The Morgan fingerprint density at radius 1 is 1.35 bits per heavy atom. The standard InChI is InChI=1S/C11H23NO2S2.Mg/c1-2-3-4-5-6-9(16)7-12-10(8-15)11(13)14;/h9-10,12,15-16H,2-8H2,1H3,(H,13,14);/q;+2. The van der Waals surface area contributed by atoms with E-state index in [0.29, 0.717) is 12.3 Å². The Balaban J connectivity index is 0. The van der Waals surface area contributed by atoms with Crippen LogP contribution < -0.4 is 5.32 Å². The van der Waals surface area contributed by atoms with E-state index in [0.717, 1.165) is 6.42 Å². The van der Waals surface area contributed by atoms with Gasteiger partial charge in [0, 0.05) is 17.5 Å². The third-order valence-corrected chi connectivity index (χ3v) is 3.28. The van der Waals surface area contributed by atoms with E-state index in [1.165, 1.54) is 25.7 Å². The number of hydrogen-bond acceptors (Lipinski definition) is 4. The molecule has 0 amide bonds. The van der Waals surface area contributed by atoms with Gasteiger partial charge >= 0.3 is 29.0 Å². The van der Waals surface area contributed by atoms with Crippen LogP contribution in [0.2, 0.25) is 0 Å². The van der Waals surface area contributed by atoms with Crippen LogP contribution in [0.25, 0.3) is 0 Å². The van der Waals surface area contributed by atoms with Gasteiger partial charge in [-0.2, -0.15) is 25.3 Å². The van der Waals surface area contributed by atoms with E-state index >= 15 is 0 Å². The zero-order valence-corrected chi connectivity index (χ0v) is 13.8. The Morgan fingerprint density at radius 2 is 2.00 bits per heavy atom. The zero-order chi connectivity index (χ0) is 12.4. The molecule has 0 rings (SSSR count). The van der Waals surface area contributed by atoms with Crippen LogP contribution >= 0.6 is 25.3 Å². The molecule has 0 saturated heterocycles. The van der Waals surface area contributed by atoms with Crippen molar-refractivity contribution in [3.05, 3.63) is 0 Å². The maximum absolute atomic E-state index is 10.7. The second-order valence-corrected chi connectivity index (χ2v) is 5.08. The summed E-state index contributed by atoms with van der Waals surface area (Å²) in [6, 6.07) is -0.561. The van der Waals surface area contributed by atoms with E-state index < -0.39 is 12.0 Å². The van der Waals surface area contributed by atoms with Gasteiger partial charge in [-0.25, -0.2) is 0 Å². The average molecular weight is 290 g/mol. The molecule has 17 heavy (non-hydrogen) atoms. The fourth-order valence-corrected chi connectivity index (χ4v) is 1.99. The van der Waals surface area contributed by atoms with Crippen LogP contribution in [0.5, 0.6) is 0 Å². The summed E-state index contributed by atoms with van der Waals surface area (Å²) in [4.78, 5) is 10.7. The number of aliphatic carboxylic acids is 1. The summed E-state index contributed by atoms with van der Waals surface area (Å²) in [5.41, 5.74) is 0. The van der Waals surface area contributed by atoms with Crippen LogP contribution in [0.15, 0.2) is 0 Å². The first-order chi connectivity index (χ1) is 7.61. The van der Waals surface area contributed by atoms with Crippen LogP contribution in [0.1, 0.15) is 39.0 Å². The summed E-state index contributed by atoms with van der Waals surface area (Å²) < 4.78 is 0. The molecular formula is C11H23MgNO2S2+2. The number of thiol groups is 2. The molecule has 0 spiro atoms. The normalized spacial score (nSPS) is 13.8. The molecule has 0 saturated carbocycles. The molecule has 0 fully saturated rings. The third kappa shape index (κ3) is 11.7. The number of nitrogens with one attached hydrogen (secondary N) is 1. The minimum absolute atomic E-state index is 0. The number of unbranched alkanes of at least 4 members (excludes halogenated alkanes) is 3. The quantitative estimate of drug-likeness (QED) is 0.282. The van der Waals surface area contributed by atoms with Gasteiger partial charge in [0.25, 0.3) is 0 Å². The predicted molar refractivity (Wildman–Crippen MR) is 80.6 cm³/mol. The summed E-state index contributed by atoms with van der Waals surface area (Å²) in [6.07, 6.45) is 5.94. The molecule has 0 heterocycles. The van der Waals surface area contributed by atoms with Crippen molar-refractivity contribution in [2.45, 2.75) is 50.3 Å². The van der Waals surface area contributed by atoms with Gasteiger partial charge in [0.05, 0.1) is 0 Å². The molecule has 2 unspecified atom stereocenters. The summed E-state index contributed by atoms with van der Waals surface area (Å²) in [5, 5.41) is 12.0. The van der Waals surface area contributed by atoms with Gasteiger partial charge in [-0.1, -0.05) is 32.6 Å². The van der Waals surface area contributed by atoms with Gasteiger partial charge in [-0.05, 0) is 6.42 Å². The first kappa shape index (κ1) is 20.2. The molecule has 0 bridgehead atoms. The molecule has 0 aliphatic carbocycles. The Labute approximate surface area is 131 Å². The molecule has 0 radical (unpaired) electrons. The van der Waals surface area contributed by atoms with Crippen LogP contribution in [0.3, 0.4) is 0 Å². The largest absolute Gasteiger partial charge is 2.00 e. The van der Waals surface area contributed by atoms with Crippen LogP contribution in [0.4, 0.5) is 0 Å². The molecule has 2 N–H and O–H groups in total. The SMILES string of the molecule is CCCCCCC(S)CNC(CS)C(=O)O.[Mg+2]. The Bertz CT molecular complexity index is 196. The number of hydrogen-bond donors (Lipinski definition) is 4. The molecule has 0 aliphatic heterocycles. The third-order valence-electron chi connectivity index (χ3n) is 2.47. The maximum Gasteiger partial charge on any atom is 2.00 e. The fourth-order valence-electron chi connectivity index (χ4n) is 1.42. The predicted octanol–water partition coefficient (Wildman–Crippen LogP) is 1.85. The first-order valence-electron chi connectivity index (χ1n) is 5.86. The molecular weight excluding hydrogens is 267 g/mol. The summed E-state index contributed by atoms with van der Waals surface area (Å²) in [5.74, 6) is -0.535. The molecule has 96 valence electrons. The summed E-state index contributed by atoms with van der Waals surface area (Å²) in [6.45, 7) is 2.82. The van der Waals surface area contributed by atoms with Crippen molar-refractivity contribution in [3.8, 4) is 0 Å². The minimum atomic E-state index is -0.846. The van der Waals surface area contributed by atoms with Crippen molar-refractivity contribution in [2.75, 3.05) is 12.3 Å². The topological polar surface area (TPSA) is 49.3 Å². The second kappa shape index (κ2) is 13.3. The number of carboxylic acids is 1. The number of carboxylic acid groups (broad SMARTS) is 1. The van der Waals surface area contributed by atoms with E-state index in [1.54, 1.807) is 0 Å². The van der Waals surface area contributed by atoms with Crippen LogP contribution in [-0.4, -0.2) is 57.7 Å². The second-order valence-electron chi connectivity index (χ2n) is 3.98. The summed E-state index contributed by atoms with van der Waals surface area (Å²) >= 11 is 8.42. The summed E-state index contributed by atoms with van der Waals surface area (Å²) in [7, 11) is 0. The van der Waals surface area contributed by atoms with E-state index in [2.05, 4.69) is 37.5 Å². The molecule has 3 nitrogen and oxygen atoms in total. The molecule has 0 aromatic carbocycles. The van der Waals surface area contributed by atoms with Crippen molar-refractivity contribution < 1.29 is 9.90 Å². The van der Waals surface area contributed by atoms with Crippen LogP contribution in [0, 0.1) is 0 Å². The number of carbonyl (C=O) groups is 1. The van der Waals surface area contributed by atoms with Crippen molar-refractivity contribution in [1.82, 2.24) is 5.32 Å². The van der Waals surface area contributed by atoms with Gasteiger partial charge in [-0.3, -0.25) is 4.79 Å². The van der Waals surface area contributed by atoms with E-state index in [9.17, 15) is 4.79 Å². The maximum atomic E-state index is 10.7. The van der Waals surface area contributed by atoms with E-state index in [-0.39, 0.29) is 28.3 Å². The molecule has 2 atom stereocenters. The van der Waals surface area contributed by atoms with Gasteiger partial charge in [0.15, 0.2) is 0 Å². The van der Waals surface area contributed by atoms with E-state index in [1.807, 2.05) is 0 Å². The number of rotatable bonds is 10. The van der Waals surface area contributed by atoms with Crippen molar-refractivity contribution >= 4 is 54.3 Å².